The lowest BCUT2D eigenvalue weighted by molar-refractivity contribution is 0.272. The molecule has 6 heteroatoms. The Balaban J connectivity index is 1.70. The Bertz CT molecular complexity index is 968. The average Bonchev–Trinajstić information content (AvgIpc) is 2.62. The third-order valence-corrected chi connectivity index (χ3v) is 4.58. The summed E-state index contributed by atoms with van der Waals surface area (Å²) in [5.41, 5.74) is 1.74. The molecule has 24 heavy (non-hydrogen) atoms. The number of nitrogens with one attached hydrogen (secondary N) is 1. The highest BCUT2D eigenvalue weighted by Crippen LogP contribution is 2.42. The molecule has 0 atom stereocenters. The first-order valence-corrected chi connectivity index (χ1v) is 8.32. The van der Waals surface area contributed by atoms with Crippen LogP contribution in [0.5, 0.6) is 23.0 Å². The predicted molar refractivity (Wildman–Crippen MR) is 89.5 cm³/mol. The molecule has 6 nitrogen and oxygen atoms in total. The lowest BCUT2D eigenvalue weighted by Gasteiger charge is -2.22. The fourth-order valence-electron chi connectivity index (χ4n) is 3.36. The Hall–Kier alpha value is -2.76. The molecule has 122 valence electrons. The first kappa shape index (κ1) is 13.7. The first-order chi connectivity index (χ1) is 11.8. The maximum Gasteiger partial charge on any atom is 0.246 e. The van der Waals surface area contributed by atoms with Crippen LogP contribution < -0.4 is 34.8 Å². The second-order valence-corrected chi connectivity index (χ2v) is 6.02. The van der Waals surface area contributed by atoms with E-state index in [0.29, 0.717) is 13.2 Å². The molecular formula is C18H18N3O3+. The topological polar surface area (TPSA) is 55.1 Å². The highest BCUT2D eigenvalue weighted by molar-refractivity contribution is 5.71. The summed E-state index contributed by atoms with van der Waals surface area (Å²) in [6.07, 6.45) is 0. The van der Waals surface area contributed by atoms with Crippen LogP contribution in [-0.2, 0) is 0 Å². The minimum atomic E-state index is 0.664. The van der Waals surface area contributed by atoms with E-state index in [2.05, 4.69) is 16.8 Å². The van der Waals surface area contributed by atoms with Crippen molar-refractivity contribution in [2.75, 3.05) is 38.2 Å². The van der Waals surface area contributed by atoms with Crippen LogP contribution in [0.4, 0.5) is 11.4 Å². The number of hydrogen-bond acceptors (Lipinski definition) is 5. The SMILES string of the molecule is CC[N+]1=c2cc3c(cc2OCC1)=Nc1cc2c(cc1O3)NCCO2. The van der Waals surface area contributed by atoms with Crippen molar-refractivity contribution in [2.24, 2.45) is 4.99 Å². The number of anilines is 1. The zero-order chi connectivity index (χ0) is 16.1. The molecule has 0 radical (unpaired) electrons. The van der Waals surface area contributed by atoms with E-state index >= 15 is 0 Å². The molecule has 0 fully saturated rings. The van der Waals surface area contributed by atoms with Gasteiger partial charge in [0.05, 0.1) is 11.8 Å². The molecule has 0 aromatic heterocycles. The van der Waals surface area contributed by atoms with E-state index in [1.165, 1.54) is 0 Å². The number of hydrogen-bond donors (Lipinski definition) is 1. The largest absolute Gasteiger partial charge is 0.490 e. The van der Waals surface area contributed by atoms with Gasteiger partial charge in [0.15, 0.2) is 23.8 Å². The van der Waals surface area contributed by atoms with Crippen LogP contribution in [0.1, 0.15) is 6.92 Å². The molecule has 5 rings (SSSR count). The van der Waals surface area contributed by atoms with Crippen LogP contribution in [0.2, 0.25) is 0 Å². The first-order valence-electron chi connectivity index (χ1n) is 8.32. The van der Waals surface area contributed by atoms with Gasteiger partial charge in [-0.3, -0.25) is 0 Å². The number of benzene rings is 2. The minimum Gasteiger partial charge on any atom is -0.490 e. The van der Waals surface area contributed by atoms with E-state index in [4.69, 9.17) is 19.2 Å². The molecule has 0 saturated heterocycles. The van der Waals surface area contributed by atoms with Gasteiger partial charge < -0.3 is 19.5 Å². The van der Waals surface area contributed by atoms with Crippen molar-refractivity contribution in [1.82, 2.24) is 4.58 Å². The van der Waals surface area contributed by atoms with Crippen LogP contribution in [0.3, 0.4) is 0 Å². The Labute approximate surface area is 139 Å². The normalized spacial score (nSPS) is 16.8. The molecule has 0 bridgehead atoms. The highest BCUT2D eigenvalue weighted by atomic mass is 16.5. The van der Waals surface area contributed by atoms with Crippen molar-refractivity contribution in [3.8, 4) is 23.0 Å². The van der Waals surface area contributed by atoms with Crippen molar-refractivity contribution >= 4 is 11.4 Å². The average molecular weight is 324 g/mol. The summed E-state index contributed by atoms with van der Waals surface area (Å²) in [5, 5.41) is 5.19. The van der Waals surface area contributed by atoms with E-state index in [1.807, 2.05) is 24.3 Å². The van der Waals surface area contributed by atoms with Gasteiger partial charge >= 0.3 is 0 Å². The lowest BCUT2D eigenvalue weighted by atomic mass is 10.2. The summed E-state index contributed by atoms with van der Waals surface area (Å²) in [6, 6.07) is 7.89. The predicted octanol–water partition coefficient (Wildman–Crippen LogP) is 1.45. The quantitative estimate of drug-likeness (QED) is 0.689. The monoisotopic (exact) mass is 324 g/mol. The summed E-state index contributed by atoms with van der Waals surface area (Å²) in [5.74, 6) is 3.21. The van der Waals surface area contributed by atoms with E-state index in [9.17, 15) is 0 Å². The Morgan fingerprint density at radius 2 is 1.96 bits per heavy atom. The molecule has 3 aliphatic heterocycles. The molecule has 1 N–H and O–H groups in total. The standard InChI is InChI=1S/C18H17N3O3/c1-2-21-4-6-23-18-9-13-17(10-14(18)21)24-16-7-11-15(8-12(16)20-13)22-5-3-19-11/h7-10H,2-6H2,1H3/p+1. The van der Waals surface area contributed by atoms with Crippen LogP contribution >= 0.6 is 0 Å². The van der Waals surface area contributed by atoms with Gasteiger partial charge in [-0.25, -0.2) is 9.57 Å². The molecule has 3 aliphatic rings. The summed E-state index contributed by atoms with van der Waals surface area (Å²) >= 11 is 0. The third-order valence-electron chi connectivity index (χ3n) is 4.58. The fourth-order valence-corrected chi connectivity index (χ4v) is 3.36. The molecular weight excluding hydrogens is 306 g/mol. The smallest absolute Gasteiger partial charge is 0.246 e. The molecule has 0 unspecified atom stereocenters. The zero-order valence-corrected chi connectivity index (χ0v) is 13.5. The molecule has 2 aromatic rings. The van der Waals surface area contributed by atoms with Gasteiger partial charge in [-0.15, -0.1) is 0 Å². The van der Waals surface area contributed by atoms with Gasteiger partial charge in [-0.1, -0.05) is 0 Å². The van der Waals surface area contributed by atoms with Gasteiger partial charge in [0.25, 0.3) is 0 Å². The van der Waals surface area contributed by atoms with Crippen molar-refractivity contribution < 1.29 is 14.2 Å². The van der Waals surface area contributed by atoms with Gasteiger partial charge in [0.2, 0.25) is 5.36 Å². The second-order valence-electron chi connectivity index (χ2n) is 6.02. The molecule has 0 aliphatic carbocycles. The summed E-state index contributed by atoms with van der Waals surface area (Å²) in [7, 11) is 0. The minimum absolute atomic E-state index is 0.664. The van der Waals surface area contributed by atoms with E-state index in [1.54, 1.807) is 0 Å². The van der Waals surface area contributed by atoms with Crippen LogP contribution in [0.15, 0.2) is 29.3 Å². The molecule has 2 aromatic carbocycles. The summed E-state index contributed by atoms with van der Waals surface area (Å²) in [4.78, 5) is 4.74. The van der Waals surface area contributed by atoms with Gasteiger partial charge in [0.1, 0.15) is 36.6 Å². The van der Waals surface area contributed by atoms with Crippen LogP contribution in [0.25, 0.3) is 0 Å². The number of likely N-dealkylation sites (N-methyl/N-ethyl adjacent to an activating group) is 1. The molecule has 3 heterocycles. The van der Waals surface area contributed by atoms with E-state index in [-0.39, 0.29) is 0 Å². The van der Waals surface area contributed by atoms with Gasteiger partial charge in [-0.2, -0.15) is 0 Å². The van der Waals surface area contributed by atoms with Gasteiger partial charge in [0, 0.05) is 24.7 Å². The molecule has 0 amide bonds. The molecule has 0 spiro atoms. The fraction of sp³-hybridized carbons (Fsp3) is 0.333. The number of ether oxygens (including phenoxy) is 3. The number of rotatable bonds is 1. The third kappa shape index (κ3) is 2.02. The van der Waals surface area contributed by atoms with Crippen molar-refractivity contribution in [3.05, 3.63) is 35.0 Å². The second kappa shape index (κ2) is 5.12. The zero-order valence-electron chi connectivity index (χ0n) is 13.5. The Morgan fingerprint density at radius 1 is 1.04 bits per heavy atom. The number of fused-ring (bicyclic) bond motifs is 4. The van der Waals surface area contributed by atoms with Gasteiger partial charge in [-0.05, 0) is 6.92 Å². The lowest BCUT2D eigenvalue weighted by Crippen LogP contribution is -2.40. The van der Waals surface area contributed by atoms with Crippen LogP contribution in [0, 0.1) is 0 Å². The highest BCUT2D eigenvalue weighted by Gasteiger charge is 2.23. The van der Waals surface area contributed by atoms with E-state index in [0.717, 1.165) is 64.7 Å². The van der Waals surface area contributed by atoms with Crippen molar-refractivity contribution in [1.29, 1.82) is 0 Å². The maximum absolute atomic E-state index is 6.13. The summed E-state index contributed by atoms with van der Waals surface area (Å²) in [6.45, 7) is 6.15. The Kier molecular flexibility index (Phi) is 2.92. The van der Waals surface area contributed by atoms with Crippen molar-refractivity contribution in [2.45, 2.75) is 6.92 Å². The van der Waals surface area contributed by atoms with Crippen LogP contribution in [-0.4, -0.2) is 32.8 Å². The Morgan fingerprint density at radius 3 is 2.88 bits per heavy atom. The summed E-state index contributed by atoms with van der Waals surface area (Å²) < 4.78 is 19.9. The molecule has 0 saturated carbocycles. The maximum atomic E-state index is 6.13. The van der Waals surface area contributed by atoms with E-state index < -0.39 is 0 Å². The van der Waals surface area contributed by atoms with Crippen molar-refractivity contribution in [3.63, 3.8) is 0 Å². The number of nitrogens with zero attached hydrogens (tertiary/aromatic N) is 2.